The fourth-order valence-corrected chi connectivity index (χ4v) is 3.53. The number of hydrogen-bond acceptors (Lipinski definition) is 3. The van der Waals surface area contributed by atoms with Crippen LogP contribution >= 0.6 is 0 Å². The van der Waals surface area contributed by atoms with Crippen LogP contribution in [0.5, 0.6) is 0 Å². The number of nitrogens with zero attached hydrogens (tertiary/aromatic N) is 3. The average molecular weight is 317 g/mol. The van der Waals surface area contributed by atoms with Crippen LogP contribution in [0.25, 0.3) is 5.69 Å². The Bertz CT molecular complexity index is 856. The predicted octanol–water partition coefficient (Wildman–Crippen LogP) is 3.95. The fraction of sp³-hybridized carbons (Fsp3) is 0.350. The van der Waals surface area contributed by atoms with Crippen molar-refractivity contribution in [3.8, 4) is 17.8 Å². The van der Waals surface area contributed by atoms with Crippen molar-refractivity contribution in [2.24, 2.45) is 11.8 Å². The molecule has 3 rings (SSSR count). The van der Waals surface area contributed by atoms with Crippen molar-refractivity contribution >= 4 is 5.78 Å². The lowest BCUT2D eigenvalue weighted by Crippen LogP contribution is -2.25. The molecule has 1 aliphatic carbocycles. The van der Waals surface area contributed by atoms with Crippen molar-refractivity contribution in [1.82, 2.24) is 4.57 Å². The van der Waals surface area contributed by atoms with Gasteiger partial charge in [-0.05, 0) is 69.4 Å². The third-order valence-corrected chi connectivity index (χ3v) is 4.87. The first kappa shape index (κ1) is 16.0. The highest BCUT2D eigenvalue weighted by molar-refractivity contribution is 5.95. The first-order valence-electron chi connectivity index (χ1n) is 8.15. The molecule has 0 spiro atoms. The van der Waals surface area contributed by atoms with Crippen LogP contribution in [0.3, 0.4) is 0 Å². The minimum atomic E-state index is 0.0599. The van der Waals surface area contributed by atoms with E-state index in [1.54, 1.807) is 19.1 Å². The number of aromatic nitrogens is 1. The largest absolute Gasteiger partial charge is 0.317 e. The van der Waals surface area contributed by atoms with Crippen LogP contribution < -0.4 is 0 Å². The van der Waals surface area contributed by atoms with Gasteiger partial charge in [0.15, 0.2) is 5.78 Å². The van der Waals surface area contributed by atoms with Crippen LogP contribution in [0.2, 0.25) is 0 Å². The Morgan fingerprint density at radius 1 is 1.25 bits per heavy atom. The Morgan fingerprint density at radius 2 is 1.92 bits per heavy atom. The Morgan fingerprint density at radius 3 is 2.46 bits per heavy atom. The van der Waals surface area contributed by atoms with E-state index >= 15 is 0 Å². The summed E-state index contributed by atoms with van der Waals surface area (Å²) in [5.74, 6) is 0.743. The standard InChI is InChI=1S/C20H19N3O/c1-13-20(14(2)24)10-19(9-16-7-17(8-16)12-22)23(13)18-5-3-15(11-21)4-6-18/h3-6,10,16-17H,7-9H2,1-2H3. The van der Waals surface area contributed by atoms with Gasteiger partial charge < -0.3 is 4.57 Å². The maximum absolute atomic E-state index is 11.9. The topological polar surface area (TPSA) is 69.6 Å². The average Bonchev–Trinajstić information content (AvgIpc) is 2.87. The molecule has 0 radical (unpaired) electrons. The molecule has 0 amide bonds. The molecule has 1 fully saturated rings. The zero-order chi connectivity index (χ0) is 17.3. The van der Waals surface area contributed by atoms with Crippen molar-refractivity contribution in [2.45, 2.75) is 33.1 Å². The molecule has 0 atom stereocenters. The molecule has 0 unspecified atom stereocenters. The van der Waals surface area contributed by atoms with E-state index < -0.39 is 0 Å². The molecule has 2 aromatic rings. The first-order valence-corrected chi connectivity index (χ1v) is 8.15. The van der Waals surface area contributed by atoms with E-state index in [-0.39, 0.29) is 11.7 Å². The Kier molecular flexibility index (Phi) is 4.23. The normalized spacial score (nSPS) is 19.2. The second kappa shape index (κ2) is 6.34. The summed E-state index contributed by atoms with van der Waals surface area (Å²) in [5.41, 5.74) is 4.35. The minimum absolute atomic E-state index is 0.0599. The van der Waals surface area contributed by atoms with E-state index in [1.807, 2.05) is 25.1 Å². The van der Waals surface area contributed by atoms with Crippen molar-refractivity contribution in [3.05, 3.63) is 52.8 Å². The lowest BCUT2D eigenvalue weighted by atomic mass is 9.73. The molecule has 24 heavy (non-hydrogen) atoms. The summed E-state index contributed by atoms with van der Waals surface area (Å²) in [6.45, 7) is 3.54. The van der Waals surface area contributed by atoms with Gasteiger partial charge in [-0.2, -0.15) is 10.5 Å². The van der Waals surface area contributed by atoms with Gasteiger partial charge in [0.05, 0.1) is 17.7 Å². The van der Waals surface area contributed by atoms with E-state index in [9.17, 15) is 4.79 Å². The molecular weight excluding hydrogens is 298 g/mol. The van der Waals surface area contributed by atoms with Gasteiger partial charge in [-0.1, -0.05) is 0 Å². The van der Waals surface area contributed by atoms with Crippen molar-refractivity contribution in [3.63, 3.8) is 0 Å². The van der Waals surface area contributed by atoms with Crippen LogP contribution in [-0.2, 0) is 6.42 Å². The summed E-state index contributed by atoms with van der Waals surface area (Å²) in [7, 11) is 0. The molecule has 4 heteroatoms. The number of carbonyl (C=O) groups is 1. The molecule has 4 nitrogen and oxygen atoms in total. The molecule has 0 saturated heterocycles. The molecular formula is C20H19N3O. The number of rotatable bonds is 4. The second-order valence-electron chi connectivity index (χ2n) is 6.55. The van der Waals surface area contributed by atoms with Gasteiger partial charge in [0.1, 0.15) is 0 Å². The molecule has 0 N–H and O–H groups in total. The van der Waals surface area contributed by atoms with Gasteiger partial charge in [0.2, 0.25) is 0 Å². The van der Waals surface area contributed by atoms with Crippen LogP contribution in [-0.4, -0.2) is 10.4 Å². The number of benzene rings is 1. The highest BCUT2D eigenvalue weighted by Gasteiger charge is 2.30. The Balaban J connectivity index is 1.98. The third kappa shape index (κ3) is 2.84. The zero-order valence-electron chi connectivity index (χ0n) is 13.9. The summed E-state index contributed by atoms with van der Waals surface area (Å²) < 4.78 is 2.11. The van der Waals surface area contributed by atoms with E-state index in [0.29, 0.717) is 11.5 Å². The van der Waals surface area contributed by atoms with E-state index in [0.717, 1.165) is 41.9 Å². The van der Waals surface area contributed by atoms with Gasteiger partial charge in [-0.25, -0.2) is 0 Å². The number of ketones is 1. The quantitative estimate of drug-likeness (QED) is 0.802. The number of hydrogen-bond donors (Lipinski definition) is 0. The monoisotopic (exact) mass is 317 g/mol. The van der Waals surface area contributed by atoms with Crippen molar-refractivity contribution in [1.29, 1.82) is 10.5 Å². The number of carbonyl (C=O) groups excluding carboxylic acids is 1. The van der Waals surface area contributed by atoms with Crippen LogP contribution in [0, 0.1) is 41.4 Å². The van der Waals surface area contributed by atoms with Crippen LogP contribution in [0.15, 0.2) is 30.3 Å². The van der Waals surface area contributed by atoms with Crippen molar-refractivity contribution in [2.75, 3.05) is 0 Å². The molecule has 1 aliphatic rings. The summed E-state index contributed by atoms with van der Waals surface area (Å²) in [6, 6.07) is 13.8. The Hall–Kier alpha value is -2.85. The maximum atomic E-state index is 11.9. The van der Waals surface area contributed by atoms with Gasteiger partial charge >= 0.3 is 0 Å². The molecule has 1 aromatic carbocycles. The smallest absolute Gasteiger partial charge is 0.161 e. The van der Waals surface area contributed by atoms with E-state index in [4.69, 9.17) is 10.5 Å². The highest BCUT2D eigenvalue weighted by Crippen LogP contribution is 2.36. The molecule has 1 saturated carbocycles. The summed E-state index contributed by atoms with van der Waals surface area (Å²) in [4.78, 5) is 11.9. The Labute approximate surface area is 141 Å². The lowest BCUT2D eigenvalue weighted by molar-refractivity contribution is 0.101. The molecule has 1 heterocycles. The summed E-state index contributed by atoms with van der Waals surface area (Å²) in [5, 5.41) is 17.9. The molecule has 120 valence electrons. The first-order chi connectivity index (χ1) is 11.5. The SMILES string of the molecule is CC(=O)c1cc(CC2CC(C#N)C2)n(-c2ccc(C#N)cc2)c1C. The van der Waals surface area contributed by atoms with Crippen LogP contribution in [0.4, 0.5) is 0 Å². The van der Waals surface area contributed by atoms with Gasteiger partial charge in [-0.3, -0.25) is 4.79 Å². The molecule has 1 aromatic heterocycles. The van der Waals surface area contributed by atoms with E-state index in [1.165, 1.54) is 0 Å². The fourth-order valence-electron chi connectivity index (χ4n) is 3.53. The van der Waals surface area contributed by atoms with Gasteiger partial charge in [0.25, 0.3) is 0 Å². The van der Waals surface area contributed by atoms with Crippen LogP contribution in [0.1, 0.15) is 47.1 Å². The second-order valence-corrected chi connectivity index (χ2v) is 6.55. The molecule has 0 bridgehead atoms. The van der Waals surface area contributed by atoms with Gasteiger partial charge in [-0.15, -0.1) is 0 Å². The zero-order valence-corrected chi connectivity index (χ0v) is 13.9. The number of nitriles is 2. The lowest BCUT2D eigenvalue weighted by Gasteiger charge is -2.31. The maximum Gasteiger partial charge on any atom is 0.161 e. The predicted molar refractivity (Wildman–Crippen MR) is 90.8 cm³/mol. The minimum Gasteiger partial charge on any atom is -0.317 e. The third-order valence-electron chi connectivity index (χ3n) is 4.87. The van der Waals surface area contributed by atoms with E-state index in [2.05, 4.69) is 16.7 Å². The summed E-state index contributed by atoms with van der Waals surface area (Å²) in [6.07, 6.45) is 2.74. The number of Topliss-reactive ketones (excluding diaryl/α,β-unsaturated/α-hetero) is 1. The van der Waals surface area contributed by atoms with Crippen molar-refractivity contribution < 1.29 is 4.79 Å². The van der Waals surface area contributed by atoms with Gasteiger partial charge in [0, 0.05) is 28.6 Å². The molecule has 0 aliphatic heterocycles. The highest BCUT2D eigenvalue weighted by atomic mass is 16.1. The summed E-state index contributed by atoms with van der Waals surface area (Å²) >= 11 is 0.